The smallest absolute Gasteiger partial charge is 0.0113 e. The zero-order chi connectivity index (χ0) is 13.4. The molecule has 0 N–H and O–H groups in total. The highest BCUT2D eigenvalue weighted by Crippen LogP contribution is 2.43. The average Bonchev–Trinajstić information content (AvgIpc) is 2.82. The van der Waals surface area contributed by atoms with E-state index in [1.807, 2.05) is 11.8 Å². The lowest BCUT2D eigenvalue weighted by Crippen LogP contribution is -1.98. The number of hydrogen-bond acceptors (Lipinski definition) is 1. The van der Waals surface area contributed by atoms with E-state index in [0.717, 1.165) is 0 Å². The van der Waals surface area contributed by atoms with Crippen LogP contribution in [-0.4, -0.2) is 6.26 Å². The zero-order valence-electron chi connectivity index (χ0n) is 11.9. The summed E-state index contributed by atoms with van der Waals surface area (Å²) >= 11 is 1.89. The first-order valence-electron chi connectivity index (χ1n) is 6.93. The Morgan fingerprint density at radius 1 is 1.00 bits per heavy atom. The van der Waals surface area contributed by atoms with E-state index in [9.17, 15) is 0 Å². The second-order valence-electron chi connectivity index (χ2n) is 5.54. The minimum atomic E-state index is 0.596. The van der Waals surface area contributed by atoms with Crippen molar-refractivity contribution < 1.29 is 0 Å². The summed E-state index contributed by atoms with van der Waals surface area (Å²) in [5.41, 5.74) is 7.36. The maximum atomic E-state index is 2.38. The molecule has 1 aliphatic rings. The van der Waals surface area contributed by atoms with Gasteiger partial charge in [-0.15, -0.1) is 11.8 Å². The zero-order valence-corrected chi connectivity index (χ0v) is 12.7. The minimum Gasteiger partial charge on any atom is -0.129 e. The minimum absolute atomic E-state index is 0.596. The van der Waals surface area contributed by atoms with Crippen LogP contribution in [0.1, 0.15) is 40.2 Å². The first-order valence-corrected chi connectivity index (χ1v) is 8.15. The second-order valence-corrected chi connectivity index (χ2v) is 6.39. The number of hydrogen-bond donors (Lipinski definition) is 0. The lowest BCUT2D eigenvalue weighted by atomic mass is 9.92. The molecule has 98 valence electrons. The predicted molar refractivity (Wildman–Crippen MR) is 84.3 cm³/mol. The van der Waals surface area contributed by atoms with Gasteiger partial charge in [-0.1, -0.05) is 35.9 Å². The van der Waals surface area contributed by atoms with E-state index in [2.05, 4.69) is 56.5 Å². The summed E-state index contributed by atoms with van der Waals surface area (Å²) in [5, 5.41) is 0. The number of thioether (sulfide) groups is 1. The Kier molecular flexibility index (Phi) is 3.40. The molecule has 0 fully saturated rings. The van der Waals surface area contributed by atoms with E-state index in [1.165, 1.54) is 34.4 Å². The van der Waals surface area contributed by atoms with Gasteiger partial charge in [0.15, 0.2) is 0 Å². The molecule has 2 aromatic carbocycles. The highest BCUT2D eigenvalue weighted by atomic mass is 32.2. The van der Waals surface area contributed by atoms with Gasteiger partial charge in [0.05, 0.1) is 0 Å². The van der Waals surface area contributed by atoms with Crippen molar-refractivity contribution >= 4 is 11.8 Å². The van der Waals surface area contributed by atoms with Crippen LogP contribution in [0.25, 0.3) is 0 Å². The van der Waals surface area contributed by atoms with E-state index in [4.69, 9.17) is 0 Å². The monoisotopic (exact) mass is 268 g/mol. The van der Waals surface area contributed by atoms with Crippen molar-refractivity contribution in [1.82, 2.24) is 0 Å². The van der Waals surface area contributed by atoms with Crippen LogP contribution >= 0.6 is 11.8 Å². The molecule has 0 amide bonds. The summed E-state index contributed by atoms with van der Waals surface area (Å²) in [6.45, 7) is 4.36. The Morgan fingerprint density at radius 2 is 1.74 bits per heavy atom. The molecule has 0 saturated heterocycles. The normalized spacial score (nSPS) is 17.5. The van der Waals surface area contributed by atoms with E-state index >= 15 is 0 Å². The van der Waals surface area contributed by atoms with Crippen LogP contribution < -0.4 is 0 Å². The molecule has 0 saturated carbocycles. The molecule has 0 bridgehead atoms. The lowest BCUT2D eigenvalue weighted by molar-refractivity contribution is 0.779. The third-order valence-electron chi connectivity index (χ3n) is 4.12. The van der Waals surface area contributed by atoms with Crippen LogP contribution in [0.3, 0.4) is 0 Å². The average molecular weight is 268 g/mol. The number of aryl methyl sites for hydroxylation is 3. The molecule has 0 heterocycles. The van der Waals surface area contributed by atoms with Gasteiger partial charge in [-0.25, -0.2) is 0 Å². The highest BCUT2D eigenvalue weighted by Gasteiger charge is 2.26. The highest BCUT2D eigenvalue weighted by molar-refractivity contribution is 7.98. The van der Waals surface area contributed by atoms with Gasteiger partial charge in [0.2, 0.25) is 0 Å². The Morgan fingerprint density at radius 3 is 2.42 bits per heavy atom. The molecule has 0 aliphatic heterocycles. The molecule has 0 radical (unpaired) electrons. The molecule has 2 aromatic rings. The van der Waals surface area contributed by atoms with Crippen LogP contribution in [0.4, 0.5) is 0 Å². The summed E-state index contributed by atoms with van der Waals surface area (Å²) in [4.78, 5) is 1.47. The molecule has 1 aliphatic carbocycles. The maximum absolute atomic E-state index is 2.38. The van der Waals surface area contributed by atoms with Crippen LogP contribution in [0.5, 0.6) is 0 Å². The van der Waals surface area contributed by atoms with Gasteiger partial charge >= 0.3 is 0 Å². The first kappa shape index (κ1) is 12.8. The third-order valence-corrected chi connectivity index (χ3v) is 4.90. The van der Waals surface area contributed by atoms with Crippen LogP contribution in [0.15, 0.2) is 41.3 Å². The Hall–Kier alpha value is -1.21. The molecule has 0 nitrogen and oxygen atoms in total. The fraction of sp³-hybridized carbons (Fsp3) is 0.333. The Balaban J connectivity index is 2.08. The summed E-state index contributed by atoms with van der Waals surface area (Å²) in [6.07, 6.45) is 4.68. The van der Waals surface area contributed by atoms with E-state index < -0.39 is 0 Å². The maximum Gasteiger partial charge on any atom is 0.0113 e. The number of rotatable bonds is 2. The van der Waals surface area contributed by atoms with Gasteiger partial charge < -0.3 is 0 Å². The quantitative estimate of drug-likeness (QED) is 0.683. The Labute approximate surface area is 120 Å². The lowest BCUT2D eigenvalue weighted by Gasteiger charge is -2.16. The molecule has 3 rings (SSSR count). The van der Waals surface area contributed by atoms with Gasteiger partial charge in [0.1, 0.15) is 0 Å². The van der Waals surface area contributed by atoms with Crippen molar-refractivity contribution in [2.45, 2.75) is 37.5 Å². The summed E-state index contributed by atoms with van der Waals surface area (Å²) in [7, 11) is 0. The van der Waals surface area contributed by atoms with Crippen LogP contribution in [-0.2, 0) is 6.42 Å². The standard InChI is InChI=1S/C18H20S/c1-12-4-6-14(7-5-12)16-9-8-15-10-13(2)11-17(19-3)18(15)16/h4-7,10-11,16H,8-9H2,1-3H3. The van der Waals surface area contributed by atoms with Gasteiger partial charge in [-0.2, -0.15) is 0 Å². The SMILES string of the molecule is CSc1cc(C)cc2c1C(c1ccc(C)cc1)CC2. The van der Waals surface area contributed by atoms with Gasteiger partial charge in [0.25, 0.3) is 0 Å². The van der Waals surface area contributed by atoms with E-state index in [0.29, 0.717) is 5.92 Å². The van der Waals surface area contributed by atoms with E-state index in [-0.39, 0.29) is 0 Å². The topological polar surface area (TPSA) is 0 Å². The summed E-state index contributed by atoms with van der Waals surface area (Å²) < 4.78 is 0. The summed E-state index contributed by atoms with van der Waals surface area (Å²) in [6, 6.07) is 13.8. The largest absolute Gasteiger partial charge is 0.129 e. The molecular weight excluding hydrogens is 248 g/mol. The fourth-order valence-corrected chi connectivity index (χ4v) is 3.98. The van der Waals surface area contributed by atoms with Gasteiger partial charge in [-0.3, -0.25) is 0 Å². The fourth-order valence-electron chi connectivity index (χ4n) is 3.18. The second kappa shape index (κ2) is 5.05. The van der Waals surface area contributed by atoms with Crippen molar-refractivity contribution in [2.24, 2.45) is 0 Å². The molecule has 1 unspecified atom stereocenters. The number of benzene rings is 2. The molecular formula is C18H20S. The molecule has 1 atom stereocenters. The van der Waals surface area contributed by atoms with Gasteiger partial charge in [-0.05, 0) is 61.3 Å². The first-order chi connectivity index (χ1) is 9.19. The number of fused-ring (bicyclic) bond motifs is 1. The van der Waals surface area contributed by atoms with Crippen molar-refractivity contribution in [3.63, 3.8) is 0 Å². The van der Waals surface area contributed by atoms with Crippen molar-refractivity contribution in [1.29, 1.82) is 0 Å². The molecule has 19 heavy (non-hydrogen) atoms. The van der Waals surface area contributed by atoms with E-state index in [1.54, 1.807) is 11.1 Å². The molecule has 0 spiro atoms. The van der Waals surface area contributed by atoms with Crippen molar-refractivity contribution in [3.8, 4) is 0 Å². The Bertz CT molecular complexity index is 596. The third kappa shape index (κ3) is 2.32. The van der Waals surface area contributed by atoms with Crippen LogP contribution in [0, 0.1) is 13.8 Å². The van der Waals surface area contributed by atoms with Gasteiger partial charge in [0, 0.05) is 10.8 Å². The van der Waals surface area contributed by atoms with Crippen LogP contribution in [0.2, 0.25) is 0 Å². The molecule has 1 heteroatoms. The summed E-state index contributed by atoms with van der Waals surface area (Å²) in [5.74, 6) is 0.596. The van der Waals surface area contributed by atoms with Crippen molar-refractivity contribution in [3.05, 3.63) is 64.2 Å². The molecule has 0 aromatic heterocycles. The van der Waals surface area contributed by atoms with Crippen molar-refractivity contribution in [2.75, 3.05) is 6.26 Å². The predicted octanol–water partition coefficient (Wildman–Crippen LogP) is 5.10.